The number of hydrogen-bond donors (Lipinski definition) is 2. The van der Waals surface area contributed by atoms with Gasteiger partial charge in [-0.15, -0.1) is 0 Å². The Balaban J connectivity index is 1.75. The van der Waals surface area contributed by atoms with Gasteiger partial charge in [0.1, 0.15) is 23.3 Å². The molecule has 26 heavy (non-hydrogen) atoms. The molecule has 0 saturated heterocycles. The lowest BCUT2D eigenvalue weighted by molar-refractivity contribution is 0.183. The quantitative estimate of drug-likeness (QED) is 0.656. The third-order valence-corrected chi connectivity index (χ3v) is 4.27. The molecule has 3 aromatic rings. The summed E-state index contributed by atoms with van der Waals surface area (Å²) >= 11 is 0. The monoisotopic (exact) mass is 354 g/mol. The van der Waals surface area contributed by atoms with E-state index in [1.54, 1.807) is 7.11 Å². The molecule has 0 fully saturated rings. The molecule has 0 unspecified atom stereocenters. The van der Waals surface area contributed by atoms with Crippen LogP contribution in [0.4, 0.5) is 11.6 Å². The van der Waals surface area contributed by atoms with Gasteiger partial charge in [0.05, 0.1) is 24.5 Å². The number of nitriles is 1. The molecule has 0 radical (unpaired) electrons. The number of nitrogens with zero attached hydrogens (tertiary/aromatic N) is 6. The molecule has 3 heterocycles. The minimum Gasteiger partial charge on any atom is -0.383 e. The van der Waals surface area contributed by atoms with E-state index in [-0.39, 0.29) is 0 Å². The number of nitrogen functional groups attached to an aromatic ring is 1. The van der Waals surface area contributed by atoms with E-state index >= 15 is 0 Å². The first-order valence-corrected chi connectivity index (χ1v) is 8.35. The molecule has 0 aliphatic heterocycles. The molecule has 0 bridgehead atoms. The van der Waals surface area contributed by atoms with Crippen molar-refractivity contribution in [3.05, 3.63) is 34.8 Å². The number of rotatable bonds is 7. The maximum absolute atomic E-state index is 9.46. The van der Waals surface area contributed by atoms with Crippen molar-refractivity contribution < 1.29 is 4.74 Å². The van der Waals surface area contributed by atoms with Crippen molar-refractivity contribution in [2.24, 2.45) is 0 Å². The third kappa shape index (κ3) is 3.32. The van der Waals surface area contributed by atoms with Gasteiger partial charge in [0.15, 0.2) is 5.65 Å². The predicted molar refractivity (Wildman–Crippen MR) is 97.9 cm³/mol. The van der Waals surface area contributed by atoms with Gasteiger partial charge in [0.25, 0.3) is 0 Å². The van der Waals surface area contributed by atoms with E-state index in [2.05, 4.69) is 26.6 Å². The van der Waals surface area contributed by atoms with Crippen molar-refractivity contribution in [1.29, 1.82) is 5.26 Å². The summed E-state index contributed by atoms with van der Waals surface area (Å²) in [5.74, 6) is 0.763. The molecule has 0 aliphatic carbocycles. The number of fused-ring (bicyclic) bond motifs is 1. The molecular weight excluding hydrogens is 332 g/mol. The molecule has 0 saturated carbocycles. The Morgan fingerprint density at radius 1 is 1.35 bits per heavy atom. The van der Waals surface area contributed by atoms with Crippen molar-refractivity contribution in [2.45, 2.75) is 26.8 Å². The molecule has 0 amide bonds. The Morgan fingerprint density at radius 3 is 2.88 bits per heavy atom. The summed E-state index contributed by atoms with van der Waals surface area (Å²) in [5.41, 5.74) is 9.81. The average Bonchev–Trinajstić information content (AvgIpc) is 3.19. The van der Waals surface area contributed by atoms with Crippen LogP contribution < -0.4 is 11.1 Å². The summed E-state index contributed by atoms with van der Waals surface area (Å²) in [6.45, 7) is 5.76. The second kappa shape index (κ2) is 7.41. The molecule has 0 spiro atoms. The molecule has 136 valence electrons. The number of anilines is 2. The van der Waals surface area contributed by atoms with Gasteiger partial charge in [0, 0.05) is 31.8 Å². The first-order chi connectivity index (χ1) is 12.5. The van der Waals surface area contributed by atoms with Crippen molar-refractivity contribution in [1.82, 2.24) is 24.4 Å². The second-order valence-electron chi connectivity index (χ2n) is 6.02. The minimum atomic E-state index is 0.292. The van der Waals surface area contributed by atoms with Crippen LogP contribution in [0.5, 0.6) is 0 Å². The Hall–Kier alpha value is -3.12. The van der Waals surface area contributed by atoms with Crippen LogP contribution in [-0.2, 0) is 17.7 Å². The van der Waals surface area contributed by atoms with E-state index in [0.717, 1.165) is 23.5 Å². The van der Waals surface area contributed by atoms with Gasteiger partial charge >= 0.3 is 0 Å². The number of hydrogen-bond acceptors (Lipinski definition) is 7. The van der Waals surface area contributed by atoms with E-state index in [9.17, 15) is 5.26 Å². The van der Waals surface area contributed by atoms with Crippen molar-refractivity contribution in [3.8, 4) is 6.07 Å². The van der Waals surface area contributed by atoms with Gasteiger partial charge in [0.2, 0.25) is 0 Å². The zero-order valence-electron chi connectivity index (χ0n) is 15.2. The molecule has 0 aromatic carbocycles. The van der Waals surface area contributed by atoms with Gasteiger partial charge in [-0.25, -0.2) is 4.98 Å². The molecule has 3 N–H and O–H groups in total. The van der Waals surface area contributed by atoms with Gasteiger partial charge in [-0.2, -0.15) is 20.0 Å². The Labute approximate surface area is 151 Å². The first-order valence-electron chi connectivity index (χ1n) is 8.35. The van der Waals surface area contributed by atoms with Gasteiger partial charge in [-0.3, -0.25) is 4.68 Å². The maximum atomic E-state index is 9.46. The first kappa shape index (κ1) is 17.7. The molecule has 9 heteroatoms. The van der Waals surface area contributed by atoms with Crippen molar-refractivity contribution in [2.75, 3.05) is 31.3 Å². The summed E-state index contributed by atoms with van der Waals surface area (Å²) in [6.07, 6.45) is 2.63. The van der Waals surface area contributed by atoms with Crippen molar-refractivity contribution >= 4 is 17.3 Å². The maximum Gasteiger partial charge on any atom is 0.162 e. The normalized spacial score (nSPS) is 11.0. The molecule has 3 aromatic heterocycles. The molecule has 3 rings (SSSR count). The fourth-order valence-corrected chi connectivity index (χ4v) is 2.67. The van der Waals surface area contributed by atoms with Crippen LogP contribution in [0.3, 0.4) is 0 Å². The fourth-order valence-electron chi connectivity index (χ4n) is 2.67. The van der Waals surface area contributed by atoms with Crippen LogP contribution in [-0.4, -0.2) is 44.6 Å². The Bertz CT molecular complexity index is 965. The highest BCUT2D eigenvalue weighted by Crippen LogP contribution is 2.24. The number of nitrogens with two attached hydrogens (primary N) is 1. The second-order valence-corrected chi connectivity index (χ2v) is 6.02. The fraction of sp³-hybridized carbons (Fsp3) is 0.412. The van der Waals surface area contributed by atoms with E-state index in [4.69, 9.17) is 10.5 Å². The Kier molecular flexibility index (Phi) is 5.04. The van der Waals surface area contributed by atoms with Crippen LogP contribution >= 0.6 is 0 Å². The van der Waals surface area contributed by atoms with Crippen molar-refractivity contribution in [3.63, 3.8) is 0 Å². The smallest absolute Gasteiger partial charge is 0.162 e. The van der Waals surface area contributed by atoms with E-state index in [1.807, 2.05) is 30.8 Å². The van der Waals surface area contributed by atoms with Crippen LogP contribution in [0.1, 0.15) is 22.5 Å². The van der Waals surface area contributed by atoms with E-state index < -0.39 is 0 Å². The van der Waals surface area contributed by atoms with E-state index in [0.29, 0.717) is 42.4 Å². The van der Waals surface area contributed by atoms with Crippen LogP contribution in [0.2, 0.25) is 0 Å². The highest BCUT2D eigenvalue weighted by Gasteiger charge is 2.16. The zero-order valence-corrected chi connectivity index (χ0v) is 15.2. The van der Waals surface area contributed by atoms with E-state index in [1.165, 1.54) is 4.52 Å². The van der Waals surface area contributed by atoms with Crippen LogP contribution in [0, 0.1) is 25.2 Å². The van der Waals surface area contributed by atoms with Gasteiger partial charge in [-0.05, 0) is 19.9 Å². The summed E-state index contributed by atoms with van der Waals surface area (Å²) in [5, 5.41) is 21.5. The summed E-state index contributed by atoms with van der Waals surface area (Å²) < 4.78 is 8.41. The third-order valence-electron chi connectivity index (χ3n) is 4.27. The average molecular weight is 354 g/mol. The zero-order chi connectivity index (χ0) is 18.7. The highest BCUT2D eigenvalue weighted by atomic mass is 16.5. The number of aromatic nitrogens is 5. The number of methoxy groups -OCH3 is 1. The lowest BCUT2D eigenvalue weighted by Crippen LogP contribution is -2.13. The standard InChI is InChI=1S/C17H22N8O/c1-11-12(2)22-25-15(19)14(10-18)16(21-17(11)25)20-6-4-13-5-7-24(23-13)8-9-26-3/h5,7H,4,6,8-9,19H2,1-3H3,(H,20,21). The lowest BCUT2D eigenvalue weighted by atomic mass is 10.2. The minimum absolute atomic E-state index is 0.292. The van der Waals surface area contributed by atoms with Gasteiger partial charge in [-0.1, -0.05) is 0 Å². The molecular formula is C17H22N8O. The van der Waals surface area contributed by atoms with Gasteiger partial charge < -0.3 is 15.8 Å². The van der Waals surface area contributed by atoms with Crippen LogP contribution in [0.25, 0.3) is 5.65 Å². The summed E-state index contributed by atoms with van der Waals surface area (Å²) in [7, 11) is 1.67. The number of aryl methyl sites for hydroxylation is 2. The molecule has 0 atom stereocenters. The molecule has 0 aliphatic rings. The summed E-state index contributed by atoms with van der Waals surface area (Å²) in [6, 6.07) is 4.09. The molecule has 9 nitrogen and oxygen atoms in total. The topological polar surface area (TPSA) is 119 Å². The largest absolute Gasteiger partial charge is 0.383 e. The number of nitrogens with one attached hydrogen (secondary N) is 1. The lowest BCUT2D eigenvalue weighted by Gasteiger charge is -2.10. The predicted octanol–water partition coefficient (Wildman–Crippen LogP) is 1.30. The SMILES string of the molecule is COCCn1ccc(CCNc2nc3c(C)c(C)nn3c(N)c2C#N)n1. The number of ether oxygens (including phenoxy) is 1. The summed E-state index contributed by atoms with van der Waals surface area (Å²) in [4.78, 5) is 4.55. The Morgan fingerprint density at radius 2 is 2.15 bits per heavy atom. The van der Waals surface area contributed by atoms with Crippen LogP contribution in [0.15, 0.2) is 12.3 Å². The highest BCUT2D eigenvalue weighted by molar-refractivity contribution is 5.69.